The van der Waals surface area contributed by atoms with Crippen molar-refractivity contribution in [1.82, 2.24) is 0 Å². The van der Waals surface area contributed by atoms with Crippen LogP contribution < -0.4 is 9.47 Å². The third kappa shape index (κ3) is 4.81. The Labute approximate surface area is 130 Å². The molecule has 4 heteroatoms. The van der Waals surface area contributed by atoms with Gasteiger partial charge in [0.05, 0.1) is 6.61 Å². The average molecular weight is 300 g/mol. The summed E-state index contributed by atoms with van der Waals surface area (Å²) in [4.78, 5) is 11.6. The summed E-state index contributed by atoms with van der Waals surface area (Å²) >= 11 is 0. The molecule has 4 nitrogen and oxygen atoms in total. The zero-order chi connectivity index (χ0) is 15.8. The van der Waals surface area contributed by atoms with Gasteiger partial charge in [-0.05, 0) is 31.5 Å². The number of ether oxygens (including phenoxy) is 3. The third-order valence-electron chi connectivity index (χ3n) is 2.99. The Hall–Kier alpha value is -2.49. The molecule has 0 heterocycles. The van der Waals surface area contributed by atoms with E-state index in [-0.39, 0.29) is 5.97 Å². The SMILES string of the molecule is CCOC(=O)C(C)Oc1cccc(OCc2ccccc2)c1. The molecule has 0 aliphatic carbocycles. The van der Waals surface area contributed by atoms with Crippen molar-refractivity contribution in [3.8, 4) is 11.5 Å². The summed E-state index contributed by atoms with van der Waals surface area (Å²) in [6.45, 7) is 4.25. The summed E-state index contributed by atoms with van der Waals surface area (Å²) < 4.78 is 16.2. The lowest BCUT2D eigenvalue weighted by Crippen LogP contribution is -2.26. The zero-order valence-electron chi connectivity index (χ0n) is 12.8. The molecule has 0 radical (unpaired) electrons. The number of benzene rings is 2. The van der Waals surface area contributed by atoms with Gasteiger partial charge < -0.3 is 14.2 Å². The first kappa shape index (κ1) is 15.9. The summed E-state index contributed by atoms with van der Waals surface area (Å²) in [5.41, 5.74) is 1.09. The summed E-state index contributed by atoms with van der Waals surface area (Å²) in [5.74, 6) is 0.890. The molecule has 116 valence electrons. The molecule has 0 aliphatic rings. The van der Waals surface area contributed by atoms with Crippen molar-refractivity contribution in [2.24, 2.45) is 0 Å². The largest absolute Gasteiger partial charge is 0.489 e. The molecular formula is C18H20O4. The van der Waals surface area contributed by atoms with Gasteiger partial charge in [-0.3, -0.25) is 0 Å². The van der Waals surface area contributed by atoms with Crippen LogP contribution in [0, 0.1) is 0 Å². The van der Waals surface area contributed by atoms with Crippen LogP contribution in [0.4, 0.5) is 0 Å². The lowest BCUT2D eigenvalue weighted by Gasteiger charge is -2.14. The Balaban J connectivity index is 1.93. The maximum Gasteiger partial charge on any atom is 0.347 e. The zero-order valence-corrected chi connectivity index (χ0v) is 12.8. The molecule has 2 aromatic rings. The van der Waals surface area contributed by atoms with E-state index < -0.39 is 6.10 Å². The van der Waals surface area contributed by atoms with E-state index in [0.29, 0.717) is 24.7 Å². The quantitative estimate of drug-likeness (QED) is 0.733. The molecule has 2 rings (SSSR count). The van der Waals surface area contributed by atoms with Crippen molar-refractivity contribution in [3.63, 3.8) is 0 Å². The molecule has 22 heavy (non-hydrogen) atoms. The van der Waals surface area contributed by atoms with Gasteiger partial charge >= 0.3 is 5.97 Å². The molecule has 0 aromatic heterocycles. The first-order valence-corrected chi connectivity index (χ1v) is 7.29. The number of carbonyl (C=O) groups excluding carboxylic acids is 1. The topological polar surface area (TPSA) is 44.8 Å². The summed E-state index contributed by atoms with van der Waals surface area (Å²) in [6.07, 6.45) is -0.649. The number of carbonyl (C=O) groups is 1. The lowest BCUT2D eigenvalue weighted by molar-refractivity contribution is -0.150. The smallest absolute Gasteiger partial charge is 0.347 e. The molecule has 0 saturated carbocycles. The van der Waals surface area contributed by atoms with Gasteiger partial charge in [0.1, 0.15) is 18.1 Å². The molecule has 0 fully saturated rings. The minimum Gasteiger partial charge on any atom is -0.489 e. The van der Waals surface area contributed by atoms with Gasteiger partial charge in [-0.25, -0.2) is 4.79 Å². The van der Waals surface area contributed by atoms with Crippen molar-refractivity contribution in [2.75, 3.05) is 6.61 Å². The van der Waals surface area contributed by atoms with Crippen LogP contribution >= 0.6 is 0 Å². The highest BCUT2D eigenvalue weighted by atomic mass is 16.6. The maximum absolute atomic E-state index is 11.6. The molecule has 0 aliphatic heterocycles. The normalized spacial score (nSPS) is 11.5. The van der Waals surface area contributed by atoms with E-state index in [1.807, 2.05) is 42.5 Å². The lowest BCUT2D eigenvalue weighted by atomic mass is 10.2. The highest BCUT2D eigenvalue weighted by Gasteiger charge is 2.15. The number of hydrogen-bond acceptors (Lipinski definition) is 4. The maximum atomic E-state index is 11.6. The van der Waals surface area contributed by atoms with Crippen LogP contribution in [0.2, 0.25) is 0 Å². The van der Waals surface area contributed by atoms with Crippen molar-refractivity contribution < 1.29 is 19.0 Å². The second kappa shape index (κ2) is 8.08. The molecule has 1 unspecified atom stereocenters. The van der Waals surface area contributed by atoms with Crippen molar-refractivity contribution in [1.29, 1.82) is 0 Å². The number of rotatable bonds is 7. The van der Waals surface area contributed by atoms with Crippen molar-refractivity contribution in [3.05, 3.63) is 60.2 Å². The summed E-state index contributed by atoms with van der Waals surface area (Å²) in [5, 5.41) is 0. The Morgan fingerprint density at radius 3 is 2.50 bits per heavy atom. The first-order valence-electron chi connectivity index (χ1n) is 7.29. The molecule has 0 spiro atoms. The Morgan fingerprint density at radius 2 is 1.77 bits per heavy atom. The fourth-order valence-corrected chi connectivity index (χ4v) is 1.89. The van der Waals surface area contributed by atoms with Crippen LogP contribution in [-0.2, 0) is 16.1 Å². The molecule has 0 bridgehead atoms. The average Bonchev–Trinajstić information content (AvgIpc) is 2.54. The van der Waals surface area contributed by atoms with Crippen molar-refractivity contribution in [2.45, 2.75) is 26.6 Å². The molecular weight excluding hydrogens is 280 g/mol. The van der Waals surface area contributed by atoms with Crippen LogP contribution in [0.15, 0.2) is 54.6 Å². The second-order valence-corrected chi connectivity index (χ2v) is 4.76. The second-order valence-electron chi connectivity index (χ2n) is 4.76. The first-order chi connectivity index (χ1) is 10.7. The Kier molecular flexibility index (Phi) is 5.83. The Bertz CT molecular complexity index is 595. The minimum atomic E-state index is -0.649. The summed E-state index contributed by atoms with van der Waals surface area (Å²) in [6, 6.07) is 17.1. The highest BCUT2D eigenvalue weighted by molar-refractivity contribution is 5.74. The fourth-order valence-electron chi connectivity index (χ4n) is 1.89. The van der Waals surface area contributed by atoms with Gasteiger partial charge in [0, 0.05) is 6.07 Å². The predicted molar refractivity (Wildman–Crippen MR) is 83.9 cm³/mol. The van der Waals surface area contributed by atoms with Gasteiger partial charge in [-0.2, -0.15) is 0 Å². The predicted octanol–water partition coefficient (Wildman–Crippen LogP) is 3.60. The van der Waals surface area contributed by atoms with E-state index in [4.69, 9.17) is 14.2 Å². The number of esters is 1. The minimum absolute atomic E-state index is 0.340. The van der Waals surface area contributed by atoms with E-state index in [1.54, 1.807) is 26.0 Å². The van der Waals surface area contributed by atoms with E-state index in [9.17, 15) is 4.79 Å². The molecule has 1 atom stereocenters. The van der Waals surface area contributed by atoms with E-state index >= 15 is 0 Å². The Morgan fingerprint density at radius 1 is 1.05 bits per heavy atom. The number of hydrogen-bond donors (Lipinski definition) is 0. The summed E-state index contributed by atoms with van der Waals surface area (Å²) in [7, 11) is 0. The molecule has 2 aromatic carbocycles. The van der Waals surface area contributed by atoms with Crippen LogP contribution in [0.5, 0.6) is 11.5 Å². The standard InChI is InChI=1S/C18H20O4/c1-3-20-18(19)14(2)22-17-11-7-10-16(12-17)21-13-15-8-5-4-6-9-15/h4-12,14H,3,13H2,1-2H3. The molecule has 0 amide bonds. The van der Waals surface area contributed by atoms with Gasteiger partial charge in [0.25, 0.3) is 0 Å². The van der Waals surface area contributed by atoms with Crippen LogP contribution in [0.25, 0.3) is 0 Å². The fraction of sp³-hybridized carbons (Fsp3) is 0.278. The van der Waals surface area contributed by atoms with Crippen LogP contribution in [-0.4, -0.2) is 18.7 Å². The van der Waals surface area contributed by atoms with Gasteiger partial charge in [0.15, 0.2) is 6.10 Å². The van der Waals surface area contributed by atoms with Crippen molar-refractivity contribution >= 4 is 5.97 Å². The van der Waals surface area contributed by atoms with Gasteiger partial charge in [-0.1, -0.05) is 36.4 Å². The van der Waals surface area contributed by atoms with E-state index in [1.165, 1.54) is 0 Å². The third-order valence-corrected chi connectivity index (χ3v) is 2.99. The monoisotopic (exact) mass is 300 g/mol. The van der Waals surface area contributed by atoms with Crippen LogP contribution in [0.1, 0.15) is 19.4 Å². The highest BCUT2D eigenvalue weighted by Crippen LogP contribution is 2.21. The van der Waals surface area contributed by atoms with E-state index in [2.05, 4.69) is 0 Å². The molecule has 0 N–H and O–H groups in total. The molecule has 0 saturated heterocycles. The van der Waals surface area contributed by atoms with Crippen LogP contribution in [0.3, 0.4) is 0 Å². The van der Waals surface area contributed by atoms with Gasteiger partial charge in [-0.15, -0.1) is 0 Å². The van der Waals surface area contributed by atoms with Gasteiger partial charge in [0.2, 0.25) is 0 Å². The van der Waals surface area contributed by atoms with E-state index in [0.717, 1.165) is 5.56 Å².